The van der Waals surface area contributed by atoms with Gasteiger partial charge in [-0.15, -0.1) is 0 Å². The maximum atomic E-state index is 13.6. The molecule has 1 aromatic carbocycles. The fourth-order valence-electron chi connectivity index (χ4n) is 4.31. The highest BCUT2D eigenvalue weighted by Gasteiger charge is 2.34. The number of anilines is 2. The van der Waals surface area contributed by atoms with Crippen LogP contribution in [-0.4, -0.2) is 33.9 Å². The first-order valence-electron chi connectivity index (χ1n) is 11.8. The molecule has 0 spiro atoms. The maximum Gasteiger partial charge on any atom is 0.248 e. The molecule has 1 atom stereocenters. The lowest BCUT2D eigenvalue weighted by atomic mass is 10.0. The molecule has 2 N–H and O–H groups in total. The summed E-state index contributed by atoms with van der Waals surface area (Å²) in [6.07, 6.45) is 6.99. The van der Waals surface area contributed by atoms with Gasteiger partial charge in [-0.3, -0.25) is 24.3 Å². The Morgan fingerprint density at radius 2 is 1.86 bits per heavy atom. The highest BCUT2D eigenvalue weighted by molar-refractivity contribution is 6.03. The van der Waals surface area contributed by atoms with Crippen LogP contribution in [0.5, 0.6) is 0 Å². The molecule has 0 radical (unpaired) electrons. The summed E-state index contributed by atoms with van der Waals surface area (Å²) in [7, 11) is 0. The molecule has 1 aliphatic carbocycles. The van der Waals surface area contributed by atoms with Crippen LogP contribution >= 0.6 is 0 Å². The van der Waals surface area contributed by atoms with E-state index in [-0.39, 0.29) is 36.6 Å². The molecule has 3 amide bonds. The van der Waals surface area contributed by atoms with Crippen molar-refractivity contribution in [2.24, 2.45) is 0 Å². The molecule has 35 heavy (non-hydrogen) atoms. The molecule has 0 aliphatic heterocycles. The van der Waals surface area contributed by atoms with Crippen LogP contribution < -0.4 is 15.5 Å². The Bertz CT molecular complexity index is 1140. The van der Waals surface area contributed by atoms with E-state index in [0.29, 0.717) is 22.8 Å². The van der Waals surface area contributed by atoms with Crippen molar-refractivity contribution in [2.45, 2.75) is 57.5 Å². The van der Waals surface area contributed by atoms with E-state index in [1.807, 2.05) is 30.3 Å². The summed E-state index contributed by atoms with van der Waals surface area (Å²) < 4.78 is 4.96. The number of nitrogens with one attached hydrogen (secondary N) is 2. The lowest BCUT2D eigenvalue weighted by Gasteiger charge is -2.32. The Hall–Kier alpha value is -4.01. The lowest BCUT2D eigenvalue weighted by molar-refractivity contribution is -0.127. The third-order valence-corrected chi connectivity index (χ3v) is 5.98. The first kappa shape index (κ1) is 24.1. The van der Waals surface area contributed by atoms with Crippen molar-refractivity contribution in [3.8, 4) is 0 Å². The Kier molecular flexibility index (Phi) is 7.87. The van der Waals surface area contributed by atoms with Gasteiger partial charge in [0, 0.05) is 31.1 Å². The second kappa shape index (κ2) is 11.4. The second-order valence-electron chi connectivity index (χ2n) is 8.65. The number of rotatable bonds is 9. The van der Waals surface area contributed by atoms with Gasteiger partial charge in [-0.05, 0) is 37.5 Å². The van der Waals surface area contributed by atoms with E-state index in [4.69, 9.17) is 4.52 Å². The summed E-state index contributed by atoms with van der Waals surface area (Å²) in [6, 6.07) is 13.4. The van der Waals surface area contributed by atoms with Crippen molar-refractivity contribution in [3.63, 3.8) is 0 Å². The van der Waals surface area contributed by atoms with Gasteiger partial charge in [-0.25, -0.2) is 0 Å². The number of aryl methyl sites for hydroxylation is 1. The molecule has 1 saturated carbocycles. The van der Waals surface area contributed by atoms with E-state index in [1.54, 1.807) is 37.5 Å². The Labute approximate surface area is 203 Å². The number of carbonyl (C=O) groups is 3. The van der Waals surface area contributed by atoms with Gasteiger partial charge in [0.25, 0.3) is 0 Å². The summed E-state index contributed by atoms with van der Waals surface area (Å²) >= 11 is 0. The van der Waals surface area contributed by atoms with E-state index in [2.05, 4.69) is 20.8 Å². The SMILES string of the molecule is Cc1cc(NC(=O)CCC(=O)N(c2cccnc2)[C@@H](C(=O)NC2CCCC2)c2ccccc2)no1. The van der Waals surface area contributed by atoms with Gasteiger partial charge in [-0.1, -0.05) is 48.3 Å². The van der Waals surface area contributed by atoms with Gasteiger partial charge in [0.05, 0.1) is 11.9 Å². The number of benzene rings is 1. The predicted molar refractivity (Wildman–Crippen MR) is 130 cm³/mol. The number of carbonyl (C=O) groups excluding carboxylic acids is 3. The molecular weight excluding hydrogens is 446 g/mol. The van der Waals surface area contributed by atoms with Gasteiger partial charge >= 0.3 is 0 Å². The van der Waals surface area contributed by atoms with Crippen LogP contribution in [-0.2, 0) is 14.4 Å². The van der Waals surface area contributed by atoms with Crippen molar-refractivity contribution in [1.29, 1.82) is 0 Å². The maximum absolute atomic E-state index is 13.6. The van der Waals surface area contributed by atoms with Crippen molar-refractivity contribution < 1.29 is 18.9 Å². The fraction of sp³-hybridized carbons (Fsp3) is 0.346. The minimum Gasteiger partial charge on any atom is -0.360 e. The molecule has 182 valence electrons. The van der Waals surface area contributed by atoms with E-state index in [9.17, 15) is 14.4 Å². The van der Waals surface area contributed by atoms with Crippen molar-refractivity contribution in [3.05, 3.63) is 72.2 Å². The van der Waals surface area contributed by atoms with E-state index >= 15 is 0 Å². The standard InChI is InChI=1S/C26H29N5O4/c1-18-16-22(30-35-18)29-23(32)13-14-24(33)31(21-12-7-15-27-17-21)25(19-8-3-2-4-9-19)26(34)28-20-10-5-6-11-20/h2-4,7-9,12,15-17,20,25H,5-6,10-11,13-14H2,1H3,(H,28,34)(H,29,30,32)/t25-/m1/s1. The molecule has 0 saturated heterocycles. The van der Waals surface area contributed by atoms with E-state index in [0.717, 1.165) is 25.7 Å². The average molecular weight is 476 g/mol. The van der Waals surface area contributed by atoms with Crippen LogP contribution in [0.1, 0.15) is 55.9 Å². The molecular formula is C26H29N5O4. The van der Waals surface area contributed by atoms with Crippen LogP contribution in [0.25, 0.3) is 0 Å². The van der Waals surface area contributed by atoms with E-state index in [1.165, 1.54) is 4.90 Å². The number of nitrogens with zero attached hydrogens (tertiary/aromatic N) is 3. The predicted octanol–water partition coefficient (Wildman–Crippen LogP) is 3.93. The molecule has 3 aromatic rings. The van der Waals surface area contributed by atoms with Crippen LogP contribution in [0.3, 0.4) is 0 Å². The average Bonchev–Trinajstić information content (AvgIpc) is 3.53. The van der Waals surface area contributed by atoms with Crippen LogP contribution in [0.15, 0.2) is 65.4 Å². The van der Waals surface area contributed by atoms with Crippen molar-refractivity contribution >= 4 is 29.2 Å². The fourth-order valence-corrected chi connectivity index (χ4v) is 4.31. The topological polar surface area (TPSA) is 117 Å². The zero-order valence-corrected chi connectivity index (χ0v) is 19.6. The van der Waals surface area contributed by atoms with Gasteiger partial charge in [-0.2, -0.15) is 0 Å². The summed E-state index contributed by atoms with van der Waals surface area (Å²) in [4.78, 5) is 45.2. The highest BCUT2D eigenvalue weighted by atomic mass is 16.5. The van der Waals surface area contributed by atoms with Gasteiger partial charge in [0.2, 0.25) is 17.7 Å². The Morgan fingerprint density at radius 3 is 2.51 bits per heavy atom. The number of pyridine rings is 1. The lowest BCUT2D eigenvalue weighted by Crippen LogP contribution is -2.46. The molecule has 1 aliphatic rings. The third-order valence-electron chi connectivity index (χ3n) is 5.98. The Balaban J connectivity index is 1.57. The first-order valence-corrected chi connectivity index (χ1v) is 11.8. The summed E-state index contributed by atoms with van der Waals surface area (Å²) in [5.41, 5.74) is 1.17. The summed E-state index contributed by atoms with van der Waals surface area (Å²) in [6.45, 7) is 1.72. The number of hydrogen-bond acceptors (Lipinski definition) is 6. The van der Waals surface area contributed by atoms with Crippen LogP contribution in [0.4, 0.5) is 11.5 Å². The quantitative estimate of drug-likeness (QED) is 0.484. The molecule has 9 nitrogen and oxygen atoms in total. The zero-order valence-electron chi connectivity index (χ0n) is 19.6. The number of amides is 3. The Morgan fingerprint density at radius 1 is 1.09 bits per heavy atom. The van der Waals surface area contributed by atoms with E-state index < -0.39 is 6.04 Å². The first-order chi connectivity index (χ1) is 17.0. The molecule has 4 rings (SSSR count). The highest BCUT2D eigenvalue weighted by Crippen LogP contribution is 2.29. The molecule has 0 unspecified atom stereocenters. The molecule has 9 heteroatoms. The van der Waals surface area contributed by atoms with Crippen molar-refractivity contribution in [1.82, 2.24) is 15.5 Å². The second-order valence-corrected chi connectivity index (χ2v) is 8.65. The summed E-state index contributed by atoms with van der Waals surface area (Å²) in [5, 5.41) is 9.50. The molecule has 0 bridgehead atoms. The number of aromatic nitrogens is 2. The minimum absolute atomic E-state index is 0.0761. The zero-order chi connectivity index (χ0) is 24.6. The molecule has 2 heterocycles. The summed E-state index contributed by atoms with van der Waals surface area (Å²) in [5.74, 6) is -0.118. The van der Waals surface area contributed by atoms with Gasteiger partial charge in [0.15, 0.2) is 5.82 Å². The monoisotopic (exact) mass is 475 g/mol. The number of hydrogen-bond donors (Lipinski definition) is 2. The van der Waals surface area contributed by atoms with Crippen LogP contribution in [0, 0.1) is 6.92 Å². The third kappa shape index (κ3) is 6.32. The van der Waals surface area contributed by atoms with Crippen molar-refractivity contribution in [2.75, 3.05) is 10.2 Å². The normalized spacial score (nSPS) is 14.3. The van der Waals surface area contributed by atoms with Crippen LogP contribution in [0.2, 0.25) is 0 Å². The van der Waals surface area contributed by atoms with Gasteiger partial charge in [0.1, 0.15) is 11.8 Å². The minimum atomic E-state index is -0.894. The molecule has 2 aromatic heterocycles. The largest absolute Gasteiger partial charge is 0.360 e. The molecule has 1 fully saturated rings. The smallest absolute Gasteiger partial charge is 0.248 e. The van der Waals surface area contributed by atoms with Gasteiger partial charge < -0.3 is 15.2 Å².